The van der Waals surface area contributed by atoms with Crippen LogP contribution in [0, 0.1) is 11.6 Å². The van der Waals surface area contributed by atoms with Crippen molar-refractivity contribution < 1.29 is 23.8 Å². The van der Waals surface area contributed by atoms with Gasteiger partial charge in [-0.3, -0.25) is 0 Å². The average molecular weight is 413 g/mol. The molecule has 0 bridgehead atoms. The molecule has 28 heavy (non-hydrogen) atoms. The van der Waals surface area contributed by atoms with Gasteiger partial charge in [-0.2, -0.15) is 0 Å². The molecule has 1 aliphatic heterocycles. The van der Waals surface area contributed by atoms with Gasteiger partial charge in [0.15, 0.2) is 16.8 Å². The Morgan fingerprint density at radius 2 is 1.89 bits per heavy atom. The molecule has 0 saturated carbocycles. The monoisotopic (exact) mass is 412 g/mol. The van der Waals surface area contributed by atoms with Crippen molar-refractivity contribution in [3.63, 3.8) is 0 Å². The summed E-state index contributed by atoms with van der Waals surface area (Å²) < 4.78 is 35.7. The standard InChI is InChI=1S/C18H19ClF2N4O3/c1-9-6-25(7-10(2)28-9)17-11(8-26)5-12(13(20)14(17)21)15(24-27)16-18(19)23-4-3-22-16/h3-5,9-10,26-27H,6-8H2,1-2H3/b24-15+/t9-,10+. The van der Waals surface area contributed by atoms with Crippen LogP contribution in [0.1, 0.15) is 30.7 Å². The number of aromatic nitrogens is 2. The summed E-state index contributed by atoms with van der Waals surface area (Å²) >= 11 is 5.95. The maximum atomic E-state index is 15.1. The van der Waals surface area contributed by atoms with Gasteiger partial charge in [0.2, 0.25) is 0 Å². The second-order valence-electron chi connectivity index (χ2n) is 6.52. The van der Waals surface area contributed by atoms with E-state index in [0.717, 1.165) is 0 Å². The first-order valence-electron chi connectivity index (χ1n) is 8.58. The molecule has 2 atom stereocenters. The lowest BCUT2D eigenvalue weighted by molar-refractivity contribution is -0.00554. The molecule has 0 spiro atoms. The Morgan fingerprint density at radius 1 is 1.25 bits per heavy atom. The Balaban J connectivity index is 2.13. The molecule has 0 aliphatic carbocycles. The molecular weight excluding hydrogens is 394 g/mol. The van der Waals surface area contributed by atoms with Crippen molar-refractivity contribution in [1.29, 1.82) is 0 Å². The van der Waals surface area contributed by atoms with Gasteiger partial charge in [-0.25, -0.2) is 18.7 Å². The van der Waals surface area contributed by atoms with E-state index in [-0.39, 0.29) is 45.6 Å². The first kappa shape index (κ1) is 20.4. The first-order valence-corrected chi connectivity index (χ1v) is 8.96. The van der Waals surface area contributed by atoms with Crippen LogP contribution in [0.3, 0.4) is 0 Å². The molecular formula is C18H19ClF2N4O3. The quantitative estimate of drug-likeness (QED) is 0.456. The Bertz CT molecular complexity index is 903. The normalized spacial score (nSPS) is 20.5. The maximum Gasteiger partial charge on any atom is 0.183 e. The minimum atomic E-state index is -1.24. The Hall–Kier alpha value is -2.36. The third-order valence-electron chi connectivity index (χ3n) is 4.40. The second-order valence-corrected chi connectivity index (χ2v) is 6.88. The summed E-state index contributed by atoms with van der Waals surface area (Å²) in [6.45, 7) is 3.79. The topological polar surface area (TPSA) is 91.1 Å². The number of aliphatic hydroxyl groups excluding tert-OH is 1. The minimum absolute atomic E-state index is 0.0479. The molecule has 0 unspecified atom stereocenters. The van der Waals surface area contributed by atoms with Crippen LogP contribution in [-0.2, 0) is 11.3 Å². The van der Waals surface area contributed by atoms with Crippen LogP contribution in [0.15, 0.2) is 23.6 Å². The molecule has 150 valence electrons. The van der Waals surface area contributed by atoms with Crippen LogP contribution in [0.25, 0.3) is 0 Å². The van der Waals surface area contributed by atoms with E-state index in [1.54, 1.807) is 4.90 Å². The molecule has 7 nitrogen and oxygen atoms in total. The maximum absolute atomic E-state index is 15.1. The Labute approximate surface area is 165 Å². The molecule has 2 heterocycles. The van der Waals surface area contributed by atoms with E-state index in [1.807, 2.05) is 13.8 Å². The van der Waals surface area contributed by atoms with Gasteiger partial charge >= 0.3 is 0 Å². The first-order chi connectivity index (χ1) is 13.4. The molecule has 1 aromatic heterocycles. The van der Waals surface area contributed by atoms with Gasteiger partial charge in [-0.05, 0) is 19.9 Å². The van der Waals surface area contributed by atoms with Crippen LogP contribution in [-0.4, -0.2) is 51.3 Å². The van der Waals surface area contributed by atoms with Crippen LogP contribution < -0.4 is 4.90 Å². The van der Waals surface area contributed by atoms with Crippen molar-refractivity contribution in [2.75, 3.05) is 18.0 Å². The zero-order valence-corrected chi connectivity index (χ0v) is 16.0. The molecule has 1 aliphatic rings. The van der Waals surface area contributed by atoms with E-state index in [2.05, 4.69) is 15.1 Å². The van der Waals surface area contributed by atoms with Crippen molar-refractivity contribution in [2.45, 2.75) is 32.7 Å². The summed E-state index contributed by atoms with van der Waals surface area (Å²) in [5.74, 6) is -2.41. The third-order valence-corrected chi connectivity index (χ3v) is 4.68. The highest BCUT2D eigenvalue weighted by Gasteiger charge is 2.30. The van der Waals surface area contributed by atoms with Gasteiger partial charge in [0.1, 0.15) is 11.4 Å². The van der Waals surface area contributed by atoms with Crippen LogP contribution in [0.2, 0.25) is 5.15 Å². The molecule has 1 aromatic carbocycles. The van der Waals surface area contributed by atoms with Crippen molar-refractivity contribution in [2.24, 2.45) is 5.16 Å². The number of hydrogen-bond donors (Lipinski definition) is 2. The minimum Gasteiger partial charge on any atom is -0.410 e. The van der Waals surface area contributed by atoms with Crippen LogP contribution >= 0.6 is 11.6 Å². The van der Waals surface area contributed by atoms with E-state index >= 15 is 4.39 Å². The summed E-state index contributed by atoms with van der Waals surface area (Å²) in [4.78, 5) is 9.36. The largest absolute Gasteiger partial charge is 0.410 e. The number of morpholine rings is 1. The summed E-state index contributed by atoms with van der Waals surface area (Å²) in [6.07, 6.45) is 2.20. The van der Waals surface area contributed by atoms with Crippen molar-refractivity contribution in [3.05, 3.63) is 52.1 Å². The lowest BCUT2D eigenvalue weighted by Crippen LogP contribution is -2.46. The summed E-state index contributed by atoms with van der Waals surface area (Å²) in [7, 11) is 0. The number of nitrogens with zero attached hydrogens (tertiary/aromatic N) is 4. The lowest BCUT2D eigenvalue weighted by atomic mass is 10.00. The number of hydrogen-bond acceptors (Lipinski definition) is 7. The van der Waals surface area contributed by atoms with E-state index in [1.165, 1.54) is 18.5 Å². The summed E-state index contributed by atoms with van der Waals surface area (Å²) in [5.41, 5.74) is -0.802. The van der Waals surface area contributed by atoms with E-state index in [0.29, 0.717) is 13.1 Å². The predicted molar refractivity (Wildman–Crippen MR) is 99.0 cm³/mol. The van der Waals surface area contributed by atoms with Crippen molar-refractivity contribution >= 4 is 23.0 Å². The Kier molecular flexibility index (Phi) is 6.07. The molecule has 1 fully saturated rings. The predicted octanol–water partition coefficient (Wildman–Crippen LogP) is 2.74. The zero-order valence-electron chi connectivity index (χ0n) is 15.2. The fourth-order valence-corrected chi connectivity index (χ4v) is 3.57. The van der Waals surface area contributed by atoms with Crippen molar-refractivity contribution in [3.8, 4) is 0 Å². The number of ether oxygens (including phenoxy) is 1. The number of anilines is 1. The summed E-state index contributed by atoms with van der Waals surface area (Å²) in [5, 5.41) is 22.1. The van der Waals surface area contributed by atoms with Gasteiger partial charge in [0.25, 0.3) is 0 Å². The molecule has 0 amide bonds. The smallest absolute Gasteiger partial charge is 0.183 e. The Morgan fingerprint density at radius 3 is 2.46 bits per heavy atom. The zero-order chi connectivity index (χ0) is 20.4. The van der Waals surface area contributed by atoms with Gasteiger partial charge in [-0.1, -0.05) is 16.8 Å². The second kappa shape index (κ2) is 8.34. The number of aliphatic hydroxyl groups is 1. The molecule has 2 N–H and O–H groups in total. The average Bonchev–Trinajstić information content (AvgIpc) is 2.66. The number of oxime groups is 1. The third kappa shape index (κ3) is 3.78. The highest BCUT2D eigenvalue weighted by Crippen LogP contribution is 2.33. The van der Waals surface area contributed by atoms with Crippen molar-refractivity contribution in [1.82, 2.24) is 9.97 Å². The highest BCUT2D eigenvalue weighted by atomic mass is 35.5. The molecule has 3 rings (SSSR count). The van der Waals surface area contributed by atoms with Gasteiger partial charge in [-0.15, -0.1) is 0 Å². The van der Waals surface area contributed by atoms with Crippen LogP contribution in [0.5, 0.6) is 0 Å². The SMILES string of the molecule is C[C@@H]1CN(c2c(CO)cc(/C(=N\O)c3nccnc3Cl)c(F)c2F)C[C@H](C)O1. The van der Waals surface area contributed by atoms with E-state index < -0.39 is 18.2 Å². The highest BCUT2D eigenvalue weighted by molar-refractivity contribution is 6.33. The lowest BCUT2D eigenvalue weighted by Gasteiger charge is -2.38. The number of rotatable bonds is 4. The van der Waals surface area contributed by atoms with Gasteiger partial charge in [0.05, 0.1) is 24.5 Å². The van der Waals surface area contributed by atoms with Gasteiger partial charge < -0.3 is 20.0 Å². The fourth-order valence-electron chi connectivity index (χ4n) is 3.37. The number of halogens is 3. The fraction of sp³-hybridized carbons (Fsp3) is 0.389. The molecule has 2 aromatic rings. The molecule has 0 radical (unpaired) electrons. The number of benzene rings is 1. The molecule has 10 heteroatoms. The van der Waals surface area contributed by atoms with E-state index in [9.17, 15) is 14.7 Å². The molecule has 1 saturated heterocycles. The van der Waals surface area contributed by atoms with E-state index in [4.69, 9.17) is 16.3 Å². The van der Waals surface area contributed by atoms with Crippen LogP contribution in [0.4, 0.5) is 14.5 Å². The van der Waals surface area contributed by atoms with Gasteiger partial charge in [0, 0.05) is 36.6 Å². The summed E-state index contributed by atoms with van der Waals surface area (Å²) in [6, 6.07) is 1.22.